The van der Waals surface area contributed by atoms with Crippen LogP contribution in [0.25, 0.3) is 22.0 Å². The molecule has 1 aliphatic rings. The zero-order chi connectivity index (χ0) is 19.5. The van der Waals surface area contributed by atoms with Crippen molar-refractivity contribution in [1.82, 2.24) is 20.4 Å². The molecule has 6 heteroatoms. The Morgan fingerprint density at radius 3 is 2.75 bits per heavy atom. The van der Waals surface area contributed by atoms with Crippen LogP contribution in [0.5, 0.6) is 0 Å². The summed E-state index contributed by atoms with van der Waals surface area (Å²) in [5.41, 5.74) is 4.42. The Labute approximate surface area is 165 Å². The van der Waals surface area contributed by atoms with Gasteiger partial charge in [0.1, 0.15) is 0 Å². The first-order valence-electron chi connectivity index (χ1n) is 9.90. The number of urea groups is 1. The molecule has 0 radical (unpaired) electrons. The lowest BCUT2D eigenvalue weighted by molar-refractivity contribution is 0.248. The molecule has 0 spiro atoms. The van der Waals surface area contributed by atoms with Gasteiger partial charge in [0, 0.05) is 18.0 Å². The Balaban J connectivity index is 1.38. The highest BCUT2D eigenvalue weighted by molar-refractivity contribution is 6.00. The van der Waals surface area contributed by atoms with Crippen molar-refractivity contribution in [2.24, 2.45) is 0 Å². The van der Waals surface area contributed by atoms with Gasteiger partial charge in [0.05, 0.1) is 5.52 Å². The Kier molecular flexibility index (Phi) is 5.30. The summed E-state index contributed by atoms with van der Waals surface area (Å²) in [5, 5.41) is 14.0. The summed E-state index contributed by atoms with van der Waals surface area (Å²) < 4.78 is 0. The van der Waals surface area contributed by atoms with E-state index in [4.69, 9.17) is 0 Å². The van der Waals surface area contributed by atoms with E-state index in [0.717, 1.165) is 35.0 Å². The second kappa shape index (κ2) is 8.02. The summed E-state index contributed by atoms with van der Waals surface area (Å²) in [6.07, 6.45) is 3.44. The highest BCUT2D eigenvalue weighted by atomic mass is 16.2. The van der Waals surface area contributed by atoms with Crippen LogP contribution in [0.15, 0.2) is 42.5 Å². The lowest BCUT2D eigenvalue weighted by atomic mass is 10.0. The van der Waals surface area contributed by atoms with Crippen LogP contribution in [0.1, 0.15) is 24.8 Å². The van der Waals surface area contributed by atoms with Crippen LogP contribution < -0.4 is 10.6 Å². The number of aromatic amines is 1. The molecule has 1 fully saturated rings. The normalized spacial score (nSPS) is 17.1. The van der Waals surface area contributed by atoms with Gasteiger partial charge >= 0.3 is 6.03 Å². The average molecular weight is 377 g/mol. The van der Waals surface area contributed by atoms with E-state index < -0.39 is 0 Å². The van der Waals surface area contributed by atoms with E-state index in [2.05, 4.69) is 76.1 Å². The van der Waals surface area contributed by atoms with Gasteiger partial charge in [0.15, 0.2) is 5.82 Å². The molecule has 2 aromatic carbocycles. The number of nitrogens with one attached hydrogen (secondary N) is 3. The topological polar surface area (TPSA) is 73.1 Å². The molecular weight excluding hydrogens is 350 g/mol. The molecule has 6 nitrogen and oxygen atoms in total. The number of hydrogen-bond acceptors (Lipinski definition) is 3. The van der Waals surface area contributed by atoms with Crippen molar-refractivity contribution in [3.8, 4) is 11.1 Å². The zero-order valence-corrected chi connectivity index (χ0v) is 16.5. The summed E-state index contributed by atoms with van der Waals surface area (Å²) in [6, 6.07) is 14.9. The average Bonchev–Trinajstić information content (AvgIpc) is 3.28. The number of benzene rings is 2. The molecule has 1 aliphatic heterocycles. The maximum absolute atomic E-state index is 12.2. The van der Waals surface area contributed by atoms with Gasteiger partial charge in [-0.2, -0.15) is 5.10 Å². The molecule has 146 valence electrons. The Morgan fingerprint density at radius 1 is 1.21 bits per heavy atom. The molecule has 0 aliphatic carbocycles. The number of nitrogens with zero attached hydrogens (tertiary/aromatic N) is 2. The Bertz CT molecular complexity index is 963. The zero-order valence-electron chi connectivity index (χ0n) is 16.5. The van der Waals surface area contributed by atoms with Crippen LogP contribution in [0.2, 0.25) is 0 Å². The smallest absolute Gasteiger partial charge is 0.320 e. The van der Waals surface area contributed by atoms with Gasteiger partial charge in [-0.25, -0.2) is 4.79 Å². The van der Waals surface area contributed by atoms with E-state index in [1.165, 1.54) is 18.4 Å². The fourth-order valence-corrected chi connectivity index (χ4v) is 3.89. The maximum atomic E-state index is 12.2. The van der Waals surface area contributed by atoms with Crippen LogP contribution in [-0.2, 0) is 0 Å². The monoisotopic (exact) mass is 377 g/mol. The van der Waals surface area contributed by atoms with Gasteiger partial charge in [-0.3, -0.25) is 10.4 Å². The molecule has 2 amide bonds. The van der Waals surface area contributed by atoms with Crippen molar-refractivity contribution in [1.29, 1.82) is 0 Å². The quantitative estimate of drug-likeness (QED) is 0.625. The van der Waals surface area contributed by atoms with Gasteiger partial charge < -0.3 is 10.2 Å². The molecule has 28 heavy (non-hydrogen) atoms. The fourth-order valence-electron chi connectivity index (χ4n) is 3.89. The first-order chi connectivity index (χ1) is 13.6. The standard InChI is InChI=1S/C22H27N5O/c1-15-5-7-16(8-6-15)17-9-10-19-20(14-17)25-26-21(19)24-22(28)23-12-11-18-4-3-13-27(18)2/h5-10,14,18H,3-4,11-13H2,1-2H3,(H3,23,24,25,26,28). The molecule has 4 rings (SSSR count). The van der Waals surface area contributed by atoms with Crippen LogP contribution >= 0.6 is 0 Å². The number of amides is 2. The third kappa shape index (κ3) is 4.02. The SMILES string of the molecule is Cc1ccc(-c2ccc3c(NC(=O)NCCC4CCCN4C)n[nH]c3c2)cc1. The predicted molar refractivity (Wildman–Crippen MR) is 114 cm³/mol. The first-order valence-corrected chi connectivity index (χ1v) is 9.90. The maximum Gasteiger partial charge on any atom is 0.320 e. The number of aromatic nitrogens is 2. The van der Waals surface area contributed by atoms with Crippen LogP contribution in [0.4, 0.5) is 10.6 Å². The van der Waals surface area contributed by atoms with Crippen molar-refractivity contribution in [3.05, 3.63) is 48.0 Å². The van der Waals surface area contributed by atoms with E-state index in [9.17, 15) is 4.79 Å². The Morgan fingerprint density at radius 2 is 2.00 bits per heavy atom. The van der Waals surface area contributed by atoms with Crippen LogP contribution in [0.3, 0.4) is 0 Å². The number of rotatable bonds is 5. The number of fused-ring (bicyclic) bond motifs is 1. The third-order valence-electron chi connectivity index (χ3n) is 5.61. The molecule has 1 unspecified atom stereocenters. The first kappa shape index (κ1) is 18.5. The van der Waals surface area contributed by atoms with Gasteiger partial charge in [-0.05, 0) is 63.0 Å². The van der Waals surface area contributed by atoms with Crippen LogP contribution in [-0.4, -0.2) is 47.3 Å². The molecular formula is C22H27N5O. The fraction of sp³-hybridized carbons (Fsp3) is 0.364. The number of aryl methyl sites for hydroxylation is 1. The minimum absolute atomic E-state index is 0.211. The van der Waals surface area contributed by atoms with E-state index in [1.807, 2.05) is 6.07 Å². The summed E-state index contributed by atoms with van der Waals surface area (Å²) >= 11 is 0. The summed E-state index contributed by atoms with van der Waals surface area (Å²) in [6.45, 7) is 3.90. The van der Waals surface area contributed by atoms with Crippen LogP contribution in [0, 0.1) is 6.92 Å². The number of hydrogen-bond donors (Lipinski definition) is 3. The number of anilines is 1. The lowest BCUT2D eigenvalue weighted by Gasteiger charge is -2.19. The molecule has 0 bridgehead atoms. The number of H-pyrrole nitrogens is 1. The highest BCUT2D eigenvalue weighted by Gasteiger charge is 2.20. The Hall–Kier alpha value is -2.86. The van der Waals surface area contributed by atoms with Gasteiger partial charge in [0.25, 0.3) is 0 Å². The van der Waals surface area contributed by atoms with Gasteiger partial charge in [-0.1, -0.05) is 35.9 Å². The summed E-state index contributed by atoms with van der Waals surface area (Å²) in [5.74, 6) is 0.556. The molecule has 3 aromatic rings. The van der Waals surface area contributed by atoms with Crippen molar-refractivity contribution in [2.75, 3.05) is 25.5 Å². The predicted octanol–water partition coefficient (Wildman–Crippen LogP) is 4.14. The highest BCUT2D eigenvalue weighted by Crippen LogP contribution is 2.27. The molecule has 1 saturated heterocycles. The van der Waals surface area contributed by atoms with Crippen molar-refractivity contribution in [2.45, 2.75) is 32.2 Å². The molecule has 1 atom stereocenters. The minimum atomic E-state index is -0.211. The molecule has 0 saturated carbocycles. The molecule has 3 N–H and O–H groups in total. The molecule has 2 heterocycles. The van der Waals surface area contributed by atoms with Gasteiger partial charge in [-0.15, -0.1) is 0 Å². The van der Waals surface area contributed by atoms with E-state index >= 15 is 0 Å². The third-order valence-corrected chi connectivity index (χ3v) is 5.61. The number of carbonyl (C=O) groups is 1. The molecule has 1 aromatic heterocycles. The number of likely N-dealkylation sites (tertiary alicyclic amines) is 1. The van der Waals surface area contributed by atoms with Crippen molar-refractivity contribution in [3.63, 3.8) is 0 Å². The van der Waals surface area contributed by atoms with E-state index in [0.29, 0.717) is 18.4 Å². The van der Waals surface area contributed by atoms with E-state index in [1.54, 1.807) is 0 Å². The van der Waals surface area contributed by atoms with E-state index in [-0.39, 0.29) is 6.03 Å². The summed E-state index contributed by atoms with van der Waals surface area (Å²) in [4.78, 5) is 14.6. The largest absolute Gasteiger partial charge is 0.338 e. The van der Waals surface area contributed by atoms with Gasteiger partial charge in [0.2, 0.25) is 0 Å². The van der Waals surface area contributed by atoms with Crippen molar-refractivity contribution >= 4 is 22.8 Å². The number of carbonyl (C=O) groups excluding carboxylic acids is 1. The summed E-state index contributed by atoms with van der Waals surface area (Å²) in [7, 11) is 2.15. The second-order valence-corrected chi connectivity index (χ2v) is 7.64. The minimum Gasteiger partial charge on any atom is -0.338 e. The second-order valence-electron chi connectivity index (χ2n) is 7.64. The lowest BCUT2D eigenvalue weighted by Crippen LogP contribution is -2.34. The van der Waals surface area contributed by atoms with Crippen molar-refractivity contribution < 1.29 is 4.79 Å².